The standard InChI is InChI=1S/C13H13NO2/c1-2-3-7-14-8-6-10-4-5-11(13(15)16)9-12(10)14/h1,4-5,9H,3,6-8H2,(H,15,16). The highest BCUT2D eigenvalue weighted by Crippen LogP contribution is 2.28. The van der Waals surface area contributed by atoms with Crippen molar-refractivity contribution in [1.82, 2.24) is 0 Å². The molecule has 0 saturated carbocycles. The predicted molar refractivity (Wildman–Crippen MR) is 62.8 cm³/mol. The van der Waals surface area contributed by atoms with Crippen LogP contribution in [-0.4, -0.2) is 24.2 Å². The van der Waals surface area contributed by atoms with Crippen LogP contribution in [0.2, 0.25) is 0 Å². The van der Waals surface area contributed by atoms with E-state index in [4.69, 9.17) is 11.5 Å². The first-order chi connectivity index (χ1) is 7.72. The Morgan fingerprint density at radius 2 is 2.38 bits per heavy atom. The SMILES string of the molecule is C#CCCN1CCc2ccc(C(=O)O)cc21. The second-order valence-electron chi connectivity index (χ2n) is 3.84. The van der Waals surface area contributed by atoms with Crippen molar-refractivity contribution >= 4 is 11.7 Å². The van der Waals surface area contributed by atoms with Gasteiger partial charge in [-0.05, 0) is 24.1 Å². The van der Waals surface area contributed by atoms with Crippen molar-refractivity contribution in [3.05, 3.63) is 29.3 Å². The van der Waals surface area contributed by atoms with Crippen LogP contribution in [0.1, 0.15) is 22.3 Å². The van der Waals surface area contributed by atoms with E-state index in [-0.39, 0.29) is 0 Å². The Kier molecular flexibility index (Phi) is 2.82. The number of hydrogen-bond acceptors (Lipinski definition) is 2. The molecule has 82 valence electrons. The van der Waals surface area contributed by atoms with Crippen LogP contribution < -0.4 is 4.90 Å². The lowest BCUT2D eigenvalue weighted by Crippen LogP contribution is -2.21. The number of benzene rings is 1. The summed E-state index contributed by atoms with van der Waals surface area (Å²) in [5, 5.41) is 8.93. The molecule has 0 bridgehead atoms. The summed E-state index contributed by atoms with van der Waals surface area (Å²) in [6, 6.07) is 5.29. The Hall–Kier alpha value is -1.95. The molecule has 3 heteroatoms. The average molecular weight is 215 g/mol. The van der Waals surface area contributed by atoms with Gasteiger partial charge < -0.3 is 10.0 Å². The Bertz CT molecular complexity index is 459. The third kappa shape index (κ3) is 1.87. The van der Waals surface area contributed by atoms with Crippen molar-refractivity contribution in [2.75, 3.05) is 18.0 Å². The van der Waals surface area contributed by atoms with Crippen molar-refractivity contribution in [2.24, 2.45) is 0 Å². The fraction of sp³-hybridized carbons (Fsp3) is 0.308. The van der Waals surface area contributed by atoms with E-state index in [1.807, 2.05) is 6.07 Å². The van der Waals surface area contributed by atoms with E-state index in [9.17, 15) is 4.79 Å². The molecule has 0 radical (unpaired) electrons. The van der Waals surface area contributed by atoms with E-state index < -0.39 is 5.97 Å². The number of fused-ring (bicyclic) bond motifs is 1. The summed E-state index contributed by atoms with van der Waals surface area (Å²) in [5.74, 6) is 1.72. The molecule has 0 aliphatic carbocycles. The summed E-state index contributed by atoms with van der Waals surface area (Å²) in [5.41, 5.74) is 2.57. The number of anilines is 1. The Balaban J connectivity index is 2.27. The zero-order chi connectivity index (χ0) is 11.5. The second-order valence-corrected chi connectivity index (χ2v) is 3.84. The minimum Gasteiger partial charge on any atom is -0.478 e. The van der Waals surface area contributed by atoms with Crippen LogP contribution in [0, 0.1) is 12.3 Å². The lowest BCUT2D eigenvalue weighted by Gasteiger charge is -2.18. The van der Waals surface area contributed by atoms with Crippen LogP contribution >= 0.6 is 0 Å². The van der Waals surface area contributed by atoms with Gasteiger partial charge in [0, 0.05) is 25.2 Å². The number of hydrogen-bond donors (Lipinski definition) is 1. The maximum absolute atomic E-state index is 10.9. The molecular weight excluding hydrogens is 202 g/mol. The topological polar surface area (TPSA) is 40.5 Å². The molecule has 0 amide bonds. The van der Waals surface area contributed by atoms with Crippen molar-refractivity contribution in [3.8, 4) is 12.3 Å². The Morgan fingerprint density at radius 1 is 1.56 bits per heavy atom. The van der Waals surface area contributed by atoms with Crippen molar-refractivity contribution < 1.29 is 9.90 Å². The number of terminal acetylenes is 1. The largest absolute Gasteiger partial charge is 0.478 e. The number of carboxylic acids is 1. The van der Waals surface area contributed by atoms with E-state index in [1.54, 1.807) is 12.1 Å². The van der Waals surface area contributed by atoms with Crippen LogP contribution in [0.5, 0.6) is 0 Å². The van der Waals surface area contributed by atoms with Crippen molar-refractivity contribution in [3.63, 3.8) is 0 Å². The fourth-order valence-corrected chi connectivity index (χ4v) is 2.01. The molecule has 0 spiro atoms. The molecule has 1 N–H and O–H groups in total. The van der Waals surface area contributed by atoms with Gasteiger partial charge in [-0.15, -0.1) is 12.3 Å². The van der Waals surface area contributed by atoms with E-state index in [0.29, 0.717) is 12.0 Å². The summed E-state index contributed by atoms with van der Waals surface area (Å²) in [4.78, 5) is 13.0. The molecule has 0 atom stereocenters. The van der Waals surface area contributed by atoms with Gasteiger partial charge in [0.05, 0.1) is 5.56 Å². The van der Waals surface area contributed by atoms with E-state index in [0.717, 1.165) is 25.2 Å². The van der Waals surface area contributed by atoms with Gasteiger partial charge in [0.2, 0.25) is 0 Å². The molecule has 1 aliphatic heterocycles. The number of rotatable bonds is 3. The highest BCUT2D eigenvalue weighted by molar-refractivity contribution is 5.89. The molecule has 1 heterocycles. The fourth-order valence-electron chi connectivity index (χ4n) is 2.01. The molecule has 0 saturated heterocycles. The maximum atomic E-state index is 10.9. The second kappa shape index (κ2) is 4.28. The molecule has 3 nitrogen and oxygen atoms in total. The molecule has 2 rings (SSSR count). The van der Waals surface area contributed by atoms with Crippen molar-refractivity contribution in [1.29, 1.82) is 0 Å². The monoisotopic (exact) mass is 215 g/mol. The molecular formula is C13H13NO2. The molecule has 1 aromatic carbocycles. The highest BCUT2D eigenvalue weighted by atomic mass is 16.4. The highest BCUT2D eigenvalue weighted by Gasteiger charge is 2.19. The van der Waals surface area contributed by atoms with E-state index in [1.165, 1.54) is 5.56 Å². The third-order valence-electron chi connectivity index (χ3n) is 2.85. The van der Waals surface area contributed by atoms with Crippen LogP contribution in [-0.2, 0) is 6.42 Å². The first-order valence-electron chi connectivity index (χ1n) is 5.27. The van der Waals surface area contributed by atoms with Crippen LogP contribution in [0.4, 0.5) is 5.69 Å². The maximum Gasteiger partial charge on any atom is 0.335 e. The molecule has 0 aromatic heterocycles. The number of nitrogens with zero attached hydrogens (tertiary/aromatic N) is 1. The molecule has 1 aromatic rings. The molecule has 0 fully saturated rings. The summed E-state index contributed by atoms with van der Waals surface area (Å²) in [7, 11) is 0. The lowest BCUT2D eigenvalue weighted by atomic mass is 10.1. The van der Waals surface area contributed by atoms with Gasteiger partial charge in [-0.3, -0.25) is 0 Å². The number of carboxylic acid groups (broad SMARTS) is 1. The Morgan fingerprint density at radius 3 is 3.06 bits per heavy atom. The van der Waals surface area contributed by atoms with Gasteiger partial charge in [-0.1, -0.05) is 6.07 Å². The molecule has 1 aliphatic rings. The summed E-state index contributed by atoms with van der Waals surface area (Å²) in [6.07, 6.45) is 6.90. The third-order valence-corrected chi connectivity index (χ3v) is 2.85. The van der Waals surface area contributed by atoms with Gasteiger partial charge in [-0.25, -0.2) is 4.79 Å². The lowest BCUT2D eigenvalue weighted by molar-refractivity contribution is 0.0697. The first kappa shape index (κ1) is 10.6. The number of aromatic carboxylic acids is 1. The normalized spacial score (nSPS) is 13.3. The van der Waals surface area contributed by atoms with Crippen LogP contribution in [0.3, 0.4) is 0 Å². The van der Waals surface area contributed by atoms with E-state index >= 15 is 0 Å². The minimum atomic E-state index is -0.883. The predicted octanol–water partition coefficient (Wildman–Crippen LogP) is 1.77. The van der Waals surface area contributed by atoms with Gasteiger partial charge >= 0.3 is 5.97 Å². The zero-order valence-electron chi connectivity index (χ0n) is 8.94. The summed E-state index contributed by atoms with van der Waals surface area (Å²) < 4.78 is 0. The van der Waals surface area contributed by atoms with Crippen LogP contribution in [0.15, 0.2) is 18.2 Å². The van der Waals surface area contributed by atoms with Crippen LogP contribution in [0.25, 0.3) is 0 Å². The summed E-state index contributed by atoms with van der Waals surface area (Å²) in [6.45, 7) is 1.73. The summed E-state index contributed by atoms with van der Waals surface area (Å²) >= 11 is 0. The smallest absolute Gasteiger partial charge is 0.335 e. The zero-order valence-corrected chi connectivity index (χ0v) is 8.94. The number of carbonyl (C=O) groups is 1. The van der Waals surface area contributed by atoms with Gasteiger partial charge in [0.15, 0.2) is 0 Å². The van der Waals surface area contributed by atoms with Gasteiger partial charge in [0.25, 0.3) is 0 Å². The van der Waals surface area contributed by atoms with E-state index in [2.05, 4.69) is 10.8 Å². The molecule has 16 heavy (non-hydrogen) atoms. The average Bonchev–Trinajstić information content (AvgIpc) is 2.68. The minimum absolute atomic E-state index is 0.339. The first-order valence-corrected chi connectivity index (χ1v) is 5.27. The Labute approximate surface area is 94.7 Å². The quantitative estimate of drug-likeness (QED) is 0.781. The molecule has 0 unspecified atom stereocenters. The van der Waals surface area contributed by atoms with Crippen molar-refractivity contribution in [2.45, 2.75) is 12.8 Å². The van der Waals surface area contributed by atoms with Gasteiger partial charge in [-0.2, -0.15) is 0 Å². The van der Waals surface area contributed by atoms with Gasteiger partial charge in [0.1, 0.15) is 0 Å².